The number of aliphatic carboxylic acids is 1. The predicted molar refractivity (Wildman–Crippen MR) is 128 cm³/mol. The maximum Gasteiger partial charge on any atom is 0.408 e. The second kappa shape index (κ2) is 15.1. The van der Waals surface area contributed by atoms with Crippen LogP contribution in [0, 0.1) is 0 Å². The lowest BCUT2D eigenvalue weighted by Crippen LogP contribution is -2.42. The van der Waals surface area contributed by atoms with Gasteiger partial charge in [-0.2, -0.15) is 0 Å². The molecule has 1 atom stereocenters. The van der Waals surface area contributed by atoms with Crippen LogP contribution in [-0.2, 0) is 32.1 Å². The molecule has 0 fully saturated rings. The number of hydrogen-bond acceptors (Lipinski definition) is 6. The SMILES string of the molecule is O=C(CCCCCCC(=O)Nc1cccc(COC(=O)N[C@@H](Cc2ccccc2)C(=O)O)c1)NO. The average molecular weight is 486 g/mol. The van der Waals surface area contributed by atoms with Crippen LogP contribution in [0.5, 0.6) is 0 Å². The molecule has 0 saturated carbocycles. The highest BCUT2D eigenvalue weighted by molar-refractivity contribution is 5.90. The van der Waals surface area contributed by atoms with E-state index in [2.05, 4.69) is 10.6 Å². The standard InChI is InChI=1S/C25H31N3O7/c29-22(13-6-1-2-7-14-23(30)28-34)26-20-12-8-11-19(15-20)17-35-25(33)27-21(24(31)32)16-18-9-4-3-5-10-18/h3-5,8-12,15,21,34H,1-2,6-7,13-14,16-17H2,(H,26,29)(H,27,33)(H,28,30)(H,31,32)/t21-/m0/s1. The fraction of sp³-hybridized carbons (Fsp3) is 0.360. The van der Waals surface area contributed by atoms with Gasteiger partial charge in [0.15, 0.2) is 0 Å². The molecule has 35 heavy (non-hydrogen) atoms. The molecule has 0 aromatic heterocycles. The summed E-state index contributed by atoms with van der Waals surface area (Å²) in [4.78, 5) is 46.7. The lowest BCUT2D eigenvalue weighted by molar-refractivity contribution is -0.139. The number of carbonyl (C=O) groups excluding carboxylic acids is 3. The highest BCUT2D eigenvalue weighted by Crippen LogP contribution is 2.13. The quantitative estimate of drug-likeness (QED) is 0.156. The highest BCUT2D eigenvalue weighted by Gasteiger charge is 2.21. The van der Waals surface area contributed by atoms with Gasteiger partial charge >= 0.3 is 12.1 Å². The summed E-state index contributed by atoms with van der Waals surface area (Å²) in [6.45, 7) is -0.0887. The van der Waals surface area contributed by atoms with Crippen molar-refractivity contribution in [1.82, 2.24) is 10.8 Å². The summed E-state index contributed by atoms with van der Waals surface area (Å²) in [5, 5.41) is 23.0. The Hall–Kier alpha value is -3.92. The zero-order valence-corrected chi connectivity index (χ0v) is 19.4. The van der Waals surface area contributed by atoms with Crippen molar-refractivity contribution in [1.29, 1.82) is 0 Å². The Balaban J connectivity index is 1.73. The van der Waals surface area contributed by atoms with Gasteiger partial charge in [-0.1, -0.05) is 55.3 Å². The van der Waals surface area contributed by atoms with Crippen molar-refractivity contribution in [2.75, 3.05) is 5.32 Å². The van der Waals surface area contributed by atoms with Crippen LogP contribution in [0.4, 0.5) is 10.5 Å². The third-order valence-corrected chi connectivity index (χ3v) is 5.14. The number of carboxylic acid groups (broad SMARTS) is 1. The molecular weight excluding hydrogens is 454 g/mol. The van der Waals surface area contributed by atoms with E-state index in [1.807, 2.05) is 6.07 Å². The highest BCUT2D eigenvalue weighted by atomic mass is 16.5. The van der Waals surface area contributed by atoms with Crippen molar-refractivity contribution in [3.8, 4) is 0 Å². The largest absolute Gasteiger partial charge is 0.480 e. The van der Waals surface area contributed by atoms with E-state index in [4.69, 9.17) is 9.94 Å². The molecule has 0 spiro atoms. The van der Waals surface area contributed by atoms with Crippen molar-refractivity contribution < 1.29 is 34.2 Å². The Bertz CT molecular complexity index is 982. The predicted octanol–water partition coefficient (Wildman–Crippen LogP) is 3.39. The molecule has 0 saturated heterocycles. The molecule has 0 heterocycles. The number of hydrogen-bond donors (Lipinski definition) is 5. The van der Waals surface area contributed by atoms with E-state index in [1.165, 1.54) is 0 Å². The zero-order valence-electron chi connectivity index (χ0n) is 19.4. The summed E-state index contributed by atoms with van der Waals surface area (Å²) >= 11 is 0. The van der Waals surface area contributed by atoms with Gasteiger partial charge in [0, 0.05) is 24.9 Å². The van der Waals surface area contributed by atoms with Crippen LogP contribution in [0.25, 0.3) is 0 Å². The summed E-state index contributed by atoms with van der Waals surface area (Å²) in [6, 6.07) is 14.7. The van der Waals surface area contributed by atoms with Gasteiger partial charge in [-0.3, -0.25) is 14.8 Å². The normalized spacial score (nSPS) is 11.2. The smallest absolute Gasteiger partial charge is 0.408 e. The molecule has 10 heteroatoms. The van der Waals surface area contributed by atoms with Crippen molar-refractivity contribution in [3.05, 3.63) is 65.7 Å². The minimum absolute atomic E-state index is 0.0887. The Morgan fingerprint density at radius 3 is 2.14 bits per heavy atom. The Kier molecular flexibility index (Phi) is 11.8. The van der Waals surface area contributed by atoms with Crippen molar-refractivity contribution in [2.24, 2.45) is 0 Å². The van der Waals surface area contributed by atoms with E-state index in [9.17, 15) is 24.3 Å². The van der Waals surface area contributed by atoms with Crippen molar-refractivity contribution >= 4 is 29.6 Å². The molecule has 0 radical (unpaired) electrons. The first-order valence-corrected chi connectivity index (χ1v) is 11.4. The van der Waals surface area contributed by atoms with E-state index in [-0.39, 0.29) is 25.4 Å². The number of alkyl carbamates (subject to hydrolysis) is 1. The van der Waals surface area contributed by atoms with Crippen molar-refractivity contribution in [3.63, 3.8) is 0 Å². The summed E-state index contributed by atoms with van der Waals surface area (Å²) in [6.07, 6.45) is 2.74. The topological polar surface area (TPSA) is 154 Å². The number of carboxylic acids is 1. The fourth-order valence-electron chi connectivity index (χ4n) is 3.33. The molecule has 0 aliphatic heterocycles. The molecule has 0 aliphatic rings. The third kappa shape index (κ3) is 11.2. The van der Waals surface area contributed by atoms with Crippen LogP contribution in [-0.4, -0.2) is 40.2 Å². The first-order chi connectivity index (χ1) is 16.9. The van der Waals surface area contributed by atoms with E-state index >= 15 is 0 Å². The summed E-state index contributed by atoms with van der Waals surface area (Å²) in [5.41, 5.74) is 3.55. The Labute approximate surface area is 203 Å². The molecule has 10 nitrogen and oxygen atoms in total. The minimum atomic E-state index is -1.16. The number of anilines is 1. The lowest BCUT2D eigenvalue weighted by Gasteiger charge is -2.15. The minimum Gasteiger partial charge on any atom is -0.480 e. The van der Waals surface area contributed by atoms with Gasteiger partial charge in [0.25, 0.3) is 0 Å². The Morgan fingerprint density at radius 1 is 0.829 bits per heavy atom. The van der Waals surface area contributed by atoms with Crippen LogP contribution in [0.3, 0.4) is 0 Å². The van der Waals surface area contributed by atoms with E-state index in [0.29, 0.717) is 30.5 Å². The van der Waals surface area contributed by atoms with Gasteiger partial charge in [-0.15, -0.1) is 0 Å². The number of rotatable bonds is 14. The number of benzene rings is 2. The van der Waals surface area contributed by atoms with Crippen LogP contribution in [0.15, 0.2) is 54.6 Å². The number of nitrogens with one attached hydrogen (secondary N) is 3. The maximum absolute atomic E-state index is 12.2. The van der Waals surface area contributed by atoms with Crippen molar-refractivity contribution in [2.45, 2.75) is 57.6 Å². The molecular formula is C25H31N3O7. The molecule has 0 aliphatic carbocycles. The second-order valence-electron chi connectivity index (χ2n) is 8.00. The first-order valence-electron chi connectivity index (χ1n) is 11.4. The molecule has 3 amide bonds. The van der Waals surface area contributed by atoms with Gasteiger partial charge in [0.1, 0.15) is 12.6 Å². The van der Waals surface area contributed by atoms with E-state index in [0.717, 1.165) is 18.4 Å². The number of amides is 3. The average Bonchev–Trinajstić information content (AvgIpc) is 2.85. The van der Waals surface area contributed by atoms with Gasteiger partial charge in [0.05, 0.1) is 0 Å². The molecule has 2 aromatic carbocycles. The summed E-state index contributed by atoms with van der Waals surface area (Å²) in [7, 11) is 0. The first kappa shape index (κ1) is 27.3. The van der Waals surface area contributed by atoms with Crippen LogP contribution in [0.1, 0.15) is 49.7 Å². The van der Waals surface area contributed by atoms with Gasteiger partial charge in [-0.25, -0.2) is 15.1 Å². The fourth-order valence-corrected chi connectivity index (χ4v) is 3.33. The van der Waals surface area contributed by atoms with Crippen LogP contribution < -0.4 is 16.1 Å². The molecule has 188 valence electrons. The number of unbranched alkanes of at least 4 members (excludes halogenated alkanes) is 3. The molecule has 2 aromatic rings. The summed E-state index contributed by atoms with van der Waals surface area (Å²) < 4.78 is 5.16. The zero-order chi connectivity index (χ0) is 25.5. The van der Waals surface area contributed by atoms with E-state index < -0.39 is 24.0 Å². The molecule has 0 bridgehead atoms. The maximum atomic E-state index is 12.2. The monoisotopic (exact) mass is 485 g/mol. The number of ether oxygens (including phenoxy) is 1. The number of carbonyl (C=O) groups is 4. The van der Waals surface area contributed by atoms with Gasteiger partial charge < -0.3 is 20.5 Å². The number of hydroxylamine groups is 1. The summed E-state index contributed by atoms with van der Waals surface area (Å²) in [5.74, 6) is -1.73. The third-order valence-electron chi connectivity index (χ3n) is 5.14. The molecule has 0 unspecified atom stereocenters. The molecule has 2 rings (SSSR count). The van der Waals surface area contributed by atoms with E-state index in [1.54, 1.807) is 54.0 Å². The van der Waals surface area contributed by atoms with Gasteiger partial charge in [0.2, 0.25) is 11.8 Å². The second-order valence-corrected chi connectivity index (χ2v) is 8.00. The van der Waals surface area contributed by atoms with Gasteiger partial charge in [-0.05, 0) is 36.1 Å². The van der Waals surface area contributed by atoms with Crippen LogP contribution in [0.2, 0.25) is 0 Å². The Morgan fingerprint density at radius 2 is 1.49 bits per heavy atom. The van der Waals surface area contributed by atoms with Crippen LogP contribution >= 0.6 is 0 Å². The molecule has 5 N–H and O–H groups in total. The lowest BCUT2D eigenvalue weighted by atomic mass is 10.1.